The molecule has 30 heavy (non-hydrogen) atoms. The van der Waals surface area contributed by atoms with Gasteiger partial charge in [-0.15, -0.1) is 12.0 Å². The summed E-state index contributed by atoms with van der Waals surface area (Å²) in [6.45, 7) is 16.6. The molecule has 2 rings (SSSR count). The van der Waals surface area contributed by atoms with Crippen molar-refractivity contribution in [2.24, 2.45) is 0 Å². The fourth-order valence-corrected chi connectivity index (χ4v) is 8.12. The molecule has 0 bridgehead atoms. The summed E-state index contributed by atoms with van der Waals surface area (Å²) in [7, 11) is -3.41. The smallest absolute Gasteiger partial charge is 0.261 e. The van der Waals surface area contributed by atoms with Crippen molar-refractivity contribution in [3.05, 3.63) is 60.7 Å². The molecule has 0 unspecified atom stereocenters. The van der Waals surface area contributed by atoms with E-state index < -0.39 is 16.4 Å². The van der Waals surface area contributed by atoms with Crippen molar-refractivity contribution >= 4 is 26.8 Å². The predicted octanol–water partition coefficient (Wildman–Crippen LogP) is 6.64. The number of hydrogen-bond acceptors (Lipinski definition) is 1. The highest BCUT2D eigenvalue weighted by Crippen LogP contribution is 2.36. The first-order chi connectivity index (χ1) is 14.1. The molecule has 0 aromatic heterocycles. The van der Waals surface area contributed by atoms with E-state index in [4.69, 9.17) is 10.8 Å². The molecule has 0 aliphatic heterocycles. The zero-order valence-electron chi connectivity index (χ0n) is 20.3. The summed E-state index contributed by atoms with van der Waals surface area (Å²) >= 11 is 0. The first kappa shape index (κ1) is 26.4. The van der Waals surface area contributed by atoms with Crippen molar-refractivity contribution in [2.75, 3.05) is 6.61 Å². The lowest BCUT2D eigenvalue weighted by Gasteiger charge is -2.43. The molecule has 1 nitrogen and oxygen atoms in total. The summed E-state index contributed by atoms with van der Waals surface area (Å²) in [4.78, 5) is 0. The van der Waals surface area contributed by atoms with Crippen LogP contribution >= 0.6 is 0 Å². The van der Waals surface area contributed by atoms with Crippen molar-refractivity contribution in [2.45, 2.75) is 78.1 Å². The Balaban J connectivity index is 0.000000656. The minimum absolute atomic E-state index is 0.0838. The molecule has 0 aliphatic carbocycles. The number of terminal acetylenes is 1. The molecule has 0 amide bonds. The maximum Gasteiger partial charge on any atom is 0.261 e. The Morgan fingerprint density at radius 3 is 1.57 bits per heavy atom. The second-order valence-corrected chi connectivity index (χ2v) is 19.1. The molecule has 3 heteroatoms. The van der Waals surface area contributed by atoms with E-state index in [9.17, 15) is 0 Å². The predicted molar refractivity (Wildman–Crippen MR) is 140 cm³/mol. The molecule has 0 heterocycles. The molecular weight excluding hydrogens is 396 g/mol. The van der Waals surface area contributed by atoms with E-state index in [1.807, 2.05) is 0 Å². The minimum Gasteiger partial charge on any atom is -0.407 e. The first-order valence-corrected chi connectivity index (χ1v) is 16.7. The van der Waals surface area contributed by atoms with E-state index in [0.717, 1.165) is 13.0 Å². The number of hydrogen-bond donors (Lipinski definition) is 0. The van der Waals surface area contributed by atoms with Gasteiger partial charge in [-0.05, 0) is 21.8 Å². The average Bonchev–Trinajstić information content (AvgIpc) is 2.71. The van der Waals surface area contributed by atoms with Crippen LogP contribution in [0.5, 0.6) is 0 Å². The second kappa shape index (κ2) is 12.3. The van der Waals surface area contributed by atoms with Crippen LogP contribution in [-0.4, -0.2) is 23.0 Å². The summed E-state index contributed by atoms with van der Waals surface area (Å²) in [5, 5.41) is 2.83. The van der Waals surface area contributed by atoms with Crippen molar-refractivity contribution in [1.29, 1.82) is 0 Å². The fourth-order valence-electron chi connectivity index (χ4n) is 3.52. The Bertz CT molecular complexity index is 710. The van der Waals surface area contributed by atoms with Crippen LogP contribution in [-0.2, 0) is 4.43 Å². The van der Waals surface area contributed by atoms with Crippen LogP contribution < -0.4 is 10.4 Å². The average molecular weight is 439 g/mol. The molecule has 0 saturated heterocycles. The molecule has 0 saturated carbocycles. The Hall–Kier alpha value is -1.61. The van der Waals surface area contributed by atoms with Gasteiger partial charge < -0.3 is 4.43 Å². The van der Waals surface area contributed by atoms with Gasteiger partial charge >= 0.3 is 0 Å². The highest BCUT2D eigenvalue weighted by molar-refractivity contribution is 6.99. The molecule has 0 radical (unpaired) electrons. The first-order valence-electron chi connectivity index (χ1n) is 11.3. The van der Waals surface area contributed by atoms with Gasteiger partial charge in [-0.2, -0.15) is 0 Å². The van der Waals surface area contributed by atoms with Crippen LogP contribution in [0.4, 0.5) is 0 Å². The molecule has 0 atom stereocenters. The topological polar surface area (TPSA) is 9.23 Å². The van der Waals surface area contributed by atoms with Gasteiger partial charge in [0.05, 0.1) is 0 Å². The van der Waals surface area contributed by atoms with Gasteiger partial charge in [0, 0.05) is 6.61 Å². The van der Waals surface area contributed by atoms with Crippen LogP contribution in [0, 0.1) is 12.0 Å². The van der Waals surface area contributed by atoms with E-state index in [0.29, 0.717) is 0 Å². The third-order valence-corrected chi connectivity index (χ3v) is 11.1. The lowest BCUT2D eigenvalue weighted by atomic mass is 10.2. The van der Waals surface area contributed by atoms with E-state index in [-0.39, 0.29) is 5.04 Å². The summed E-state index contributed by atoms with van der Waals surface area (Å²) < 4.78 is 6.85. The largest absolute Gasteiger partial charge is 0.407 e. The lowest BCUT2D eigenvalue weighted by molar-refractivity contribution is 0.287. The van der Waals surface area contributed by atoms with Crippen molar-refractivity contribution < 1.29 is 4.43 Å². The van der Waals surface area contributed by atoms with Crippen LogP contribution in [0.1, 0.15) is 53.4 Å². The molecule has 164 valence electrons. The fraction of sp³-hybridized carbons (Fsp3) is 0.481. The maximum absolute atomic E-state index is 6.85. The van der Waals surface area contributed by atoms with Gasteiger partial charge in [-0.3, -0.25) is 0 Å². The lowest BCUT2D eigenvalue weighted by Crippen LogP contribution is -2.66. The van der Waals surface area contributed by atoms with E-state index in [2.05, 4.69) is 114 Å². The van der Waals surface area contributed by atoms with Crippen LogP contribution in [0.15, 0.2) is 60.7 Å². The third-order valence-electron chi connectivity index (χ3n) is 5.17. The second-order valence-electron chi connectivity index (χ2n) is 9.97. The van der Waals surface area contributed by atoms with Gasteiger partial charge in [0.2, 0.25) is 0 Å². The Morgan fingerprint density at radius 2 is 1.23 bits per heavy atom. The van der Waals surface area contributed by atoms with Crippen LogP contribution in [0.2, 0.25) is 24.7 Å². The third kappa shape index (κ3) is 7.91. The highest BCUT2D eigenvalue weighted by Gasteiger charge is 2.49. The van der Waals surface area contributed by atoms with Crippen molar-refractivity contribution in [1.82, 2.24) is 0 Å². The van der Waals surface area contributed by atoms with E-state index >= 15 is 0 Å². The van der Waals surface area contributed by atoms with E-state index in [1.165, 1.54) is 29.6 Å². The minimum atomic E-state index is -2.31. The molecular formula is C27H42OSi2. The van der Waals surface area contributed by atoms with Gasteiger partial charge in [0.25, 0.3) is 8.32 Å². The Morgan fingerprint density at radius 1 is 0.800 bits per heavy atom. The summed E-state index contributed by atoms with van der Waals surface area (Å²) in [5.41, 5.74) is 2.74. The molecule has 0 N–H and O–H groups in total. The normalized spacial score (nSPS) is 11.9. The number of rotatable bonds is 8. The van der Waals surface area contributed by atoms with Crippen LogP contribution in [0.3, 0.4) is 0 Å². The van der Waals surface area contributed by atoms with Gasteiger partial charge in [0.15, 0.2) is 0 Å². The number of benzene rings is 2. The van der Waals surface area contributed by atoms with E-state index in [1.54, 1.807) is 0 Å². The Labute approximate surface area is 188 Å². The van der Waals surface area contributed by atoms with Crippen molar-refractivity contribution in [3.8, 4) is 12.0 Å². The number of unbranched alkanes of at least 4 members (excludes halogenated alkanes) is 3. The molecule has 0 spiro atoms. The molecule has 0 aliphatic rings. The van der Waals surface area contributed by atoms with Gasteiger partial charge in [0.1, 0.15) is 8.07 Å². The standard InChI is InChI=1S/C22H32OSi.C5H10Si/c1-5-6-7-14-19-23-24(22(2,3)4,20-15-10-8-11-16-20)21-17-12-9-13-18-21;1-5-6(2,3)4/h8-13,15-18H,5-7,14,19H2,1-4H3;1H,2-4H3. The molecule has 2 aromatic rings. The molecule has 2 aromatic carbocycles. The zero-order valence-corrected chi connectivity index (χ0v) is 22.3. The zero-order chi connectivity index (χ0) is 22.7. The maximum atomic E-state index is 6.85. The SMILES string of the molecule is C#C[Si](C)(C)C.CCCCCCO[Si](c1ccccc1)(c1ccccc1)C(C)(C)C. The monoisotopic (exact) mass is 438 g/mol. The summed E-state index contributed by atoms with van der Waals surface area (Å²) in [6, 6.07) is 21.8. The van der Waals surface area contributed by atoms with Gasteiger partial charge in [-0.25, -0.2) is 0 Å². The Kier molecular flexibility index (Phi) is 10.8. The quantitative estimate of drug-likeness (QED) is 0.255. The summed E-state index contributed by atoms with van der Waals surface area (Å²) in [6.07, 6.45) is 10.1. The summed E-state index contributed by atoms with van der Waals surface area (Å²) in [5.74, 6) is 0. The van der Waals surface area contributed by atoms with Gasteiger partial charge in [-0.1, -0.05) is 127 Å². The van der Waals surface area contributed by atoms with Crippen LogP contribution in [0.25, 0.3) is 0 Å². The highest BCUT2D eigenvalue weighted by atomic mass is 28.4. The molecule has 0 fully saturated rings. The van der Waals surface area contributed by atoms with Crippen molar-refractivity contribution in [3.63, 3.8) is 0 Å².